The van der Waals surface area contributed by atoms with Crippen LogP contribution in [0.25, 0.3) is 23.4 Å². The zero-order valence-electron chi connectivity index (χ0n) is 17.1. The summed E-state index contributed by atoms with van der Waals surface area (Å²) in [5.74, 6) is -0.238. The average Bonchev–Trinajstić information content (AvgIpc) is 3.20. The molecular formula is C23H27N5O2. The van der Waals surface area contributed by atoms with Crippen molar-refractivity contribution in [3.8, 4) is 11.3 Å². The second-order valence-corrected chi connectivity index (χ2v) is 7.25. The van der Waals surface area contributed by atoms with Crippen LogP contribution in [0.3, 0.4) is 0 Å². The molecule has 0 aliphatic carbocycles. The summed E-state index contributed by atoms with van der Waals surface area (Å²) in [6.45, 7) is 3.44. The molecule has 3 heterocycles. The van der Waals surface area contributed by atoms with E-state index in [1.807, 2.05) is 54.6 Å². The van der Waals surface area contributed by atoms with Gasteiger partial charge in [-0.05, 0) is 36.9 Å². The van der Waals surface area contributed by atoms with E-state index < -0.39 is 5.97 Å². The lowest BCUT2D eigenvalue weighted by atomic mass is 10.1. The molecule has 4 rings (SSSR count). The van der Waals surface area contributed by atoms with E-state index in [2.05, 4.69) is 26.8 Å². The number of pyridine rings is 1. The van der Waals surface area contributed by atoms with Crippen molar-refractivity contribution in [1.82, 2.24) is 21.0 Å². The maximum Gasteiger partial charge on any atom is 0.339 e. The van der Waals surface area contributed by atoms with Crippen LogP contribution in [0.15, 0.2) is 54.7 Å². The second-order valence-electron chi connectivity index (χ2n) is 7.25. The third-order valence-corrected chi connectivity index (χ3v) is 5.18. The van der Waals surface area contributed by atoms with Gasteiger partial charge in [0.15, 0.2) is 0 Å². The van der Waals surface area contributed by atoms with Crippen molar-refractivity contribution >= 4 is 23.9 Å². The third-order valence-electron chi connectivity index (χ3n) is 5.18. The molecular weight excluding hydrogens is 378 g/mol. The predicted octanol–water partition coefficient (Wildman–Crippen LogP) is 3.86. The molecule has 2 aromatic heterocycles. The topological polar surface area (TPSA) is 107 Å². The summed E-state index contributed by atoms with van der Waals surface area (Å²) in [6, 6.07) is 15.6. The molecule has 0 amide bonds. The van der Waals surface area contributed by atoms with Crippen LogP contribution in [-0.4, -0.2) is 59.2 Å². The molecule has 0 unspecified atom stereocenters. The van der Waals surface area contributed by atoms with Gasteiger partial charge in [-0.3, -0.25) is 4.98 Å². The number of nitrogens with zero attached hydrogens (tertiary/aromatic N) is 3. The van der Waals surface area contributed by atoms with Crippen LogP contribution in [-0.2, 0) is 0 Å². The fourth-order valence-electron chi connectivity index (χ4n) is 3.49. The standard InChI is InChI=1S/C23H24N4O2.H3N/c1-26-11-13-27(14-12-26)22-20(23(28)29)16-21(25-22)18-9-10-24-19(15-18)8-7-17-5-3-2-4-6-17;/h2-10,15-16,25H,11-14H2,1H3,(H,28,29);1H3/b8-7+;. The van der Waals surface area contributed by atoms with Gasteiger partial charge in [0.2, 0.25) is 0 Å². The van der Waals surface area contributed by atoms with Gasteiger partial charge in [0, 0.05) is 43.6 Å². The number of benzene rings is 1. The van der Waals surface area contributed by atoms with E-state index in [-0.39, 0.29) is 6.15 Å². The van der Waals surface area contributed by atoms with Crippen molar-refractivity contribution in [3.05, 3.63) is 71.5 Å². The highest BCUT2D eigenvalue weighted by molar-refractivity contribution is 5.96. The van der Waals surface area contributed by atoms with E-state index in [1.54, 1.807) is 12.3 Å². The maximum absolute atomic E-state index is 11.8. The van der Waals surface area contributed by atoms with Crippen LogP contribution in [0.4, 0.5) is 5.82 Å². The van der Waals surface area contributed by atoms with Crippen molar-refractivity contribution in [1.29, 1.82) is 0 Å². The molecule has 30 heavy (non-hydrogen) atoms. The normalized spacial score (nSPS) is 14.6. The summed E-state index contributed by atoms with van der Waals surface area (Å²) < 4.78 is 0. The molecule has 1 fully saturated rings. The Hall–Kier alpha value is -3.42. The van der Waals surface area contributed by atoms with Gasteiger partial charge in [0.25, 0.3) is 0 Å². The monoisotopic (exact) mass is 405 g/mol. The lowest BCUT2D eigenvalue weighted by Crippen LogP contribution is -2.45. The van der Waals surface area contributed by atoms with E-state index in [0.717, 1.165) is 48.7 Å². The highest BCUT2D eigenvalue weighted by atomic mass is 16.4. The molecule has 1 saturated heterocycles. The molecule has 156 valence electrons. The molecule has 5 N–H and O–H groups in total. The quantitative estimate of drug-likeness (QED) is 0.595. The van der Waals surface area contributed by atoms with E-state index in [9.17, 15) is 9.90 Å². The largest absolute Gasteiger partial charge is 0.478 e. The maximum atomic E-state index is 11.8. The third kappa shape index (κ3) is 4.76. The predicted molar refractivity (Wildman–Crippen MR) is 121 cm³/mol. The van der Waals surface area contributed by atoms with Crippen molar-refractivity contribution in [2.24, 2.45) is 0 Å². The van der Waals surface area contributed by atoms with Gasteiger partial charge >= 0.3 is 5.97 Å². The molecule has 0 radical (unpaired) electrons. The van der Waals surface area contributed by atoms with Gasteiger partial charge in [-0.1, -0.05) is 36.4 Å². The summed E-state index contributed by atoms with van der Waals surface area (Å²) in [4.78, 5) is 23.9. The number of H-pyrrole nitrogens is 1. The number of anilines is 1. The smallest absolute Gasteiger partial charge is 0.339 e. The fourth-order valence-corrected chi connectivity index (χ4v) is 3.49. The van der Waals surface area contributed by atoms with Gasteiger partial charge in [-0.15, -0.1) is 0 Å². The van der Waals surface area contributed by atoms with Gasteiger partial charge in [-0.2, -0.15) is 0 Å². The van der Waals surface area contributed by atoms with Crippen molar-refractivity contribution in [3.63, 3.8) is 0 Å². The van der Waals surface area contributed by atoms with Crippen molar-refractivity contribution < 1.29 is 9.90 Å². The summed E-state index contributed by atoms with van der Waals surface area (Å²) >= 11 is 0. The molecule has 7 nitrogen and oxygen atoms in total. The summed E-state index contributed by atoms with van der Waals surface area (Å²) in [5.41, 5.74) is 3.93. The van der Waals surface area contributed by atoms with E-state index in [4.69, 9.17) is 0 Å². The van der Waals surface area contributed by atoms with Crippen molar-refractivity contribution in [2.45, 2.75) is 0 Å². The number of carboxylic acid groups (broad SMARTS) is 1. The first-order valence-corrected chi connectivity index (χ1v) is 9.69. The van der Waals surface area contributed by atoms with Gasteiger partial charge < -0.3 is 26.0 Å². The Morgan fingerprint density at radius 1 is 1.07 bits per heavy atom. The molecule has 0 bridgehead atoms. The van der Waals surface area contributed by atoms with E-state index in [1.165, 1.54) is 0 Å². The number of hydrogen-bond acceptors (Lipinski definition) is 5. The number of carbonyl (C=O) groups is 1. The molecule has 0 saturated carbocycles. The second kappa shape index (κ2) is 9.39. The number of carboxylic acids is 1. The van der Waals surface area contributed by atoms with Crippen LogP contribution in [0.5, 0.6) is 0 Å². The van der Waals surface area contributed by atoms with Gasteiger partial charge in [0.05, 0.1) is 5.69 Å². The Labute approximate surface area is 176 Å². The fraction of sp³-hybridized carbons (Fsp3) is 0.217. The molecule has 0 atom stereocenters. The highest BCUT2D eigenvalue weighted by Gasteiger charge is 2.23. The Balaban J connectivity index is 0.00000256. The minimum absolute atomic E-state index is 0. The first kappa shape index (κ1) is 21.3. The summed E-state index contributed by atoms with van der Waals surface area (Å²) in [7, 11) is 2.08. The zero-order valence-corrected chi connectivity index (χ0v) is 17.1. The Morgan fingerprint density at radius 3 is 2.50 bits per heavy atom. The molecule has 1 aromatic carbocycles. The number of rotatable bonds is 5. The van der Waals surface area contributed by atoms with Crippen LogP contribution in [0, 0.1) is 0 Å². The van der Waals surface area contributed by atoms with Gasteiger partial charge in [0.1, 0.15) is 11.4 Å². The number of aromatic carboxylic acids is 1. The van der Waals surface area contributed by atoms with Crippen LogP contribution >= 0.6 is 0 Å². The molecule has 7 heteroatoms. The number of likely N-dealkylation sites (N-methyl/N-ethyl adjacent to an activating group) is 1. The van der Waals surface area contributed by atoms with E-state index in [0.29, 0.717) is 11.4 Å². The molecule has 1 aliphatic rings. The number of aromatic amines is 1. The first-order valence-electron chi connectivity index (χ1n) is 9.69. The summed E-state index contributed by atoms with van der Waals surface area (Å²) in [6.07, 6.45) is 5.72. The average molecular weight is 406 g/mol. The van der Waals surface area contributed by atoms with Crippen LogP contribution in [0.1, 0.15) is 21.6 Å². The summed E-state index contributed by atoms with van der Waals surface area (Å²) in [5, 5.41) is 9.69. The minimum atomic E-state index is -0.917. The van der Waals surface area contributed by atoms with Crippen LogP contribution in [0.2, 0.25) is 0 Å². The van der Waals surface area contributed by atoms with E-state index >= 15 is 0 Å². The minimum Gasteiger partial charge on any atom is -0.478 e. The first-order chi connectivity index (χ1) is 14.1. The number of hydrogen-bond donors (Lipinski definition) is 3. The number of piperazine rings is 1. The Bertz CT molecular complexity index is 1020. The van der Waals surface area contributed by atoms with Crippen LogP contribution < -0.4 is 11.1 Å². The lowest BCUT2D eigenvalue weighted by molar-refractivity contribution is 0.0697. The number of nitrogens with one attached hydrogen (secondary N) is 1. The zero-order chi connectivity index (χ0) is 20.2. The molecule has 3 aromatic rings. The Morgan fingerprint density at radius 2 is 1.80 bits per heavy atom. The van der Waals surface area contributed by atoms with Gasteiger partial charge in [-0.25, -0.2) is 4.79 Å². The Kier molecular flexibility index (Phi) is 6.66. The molecule has 1 aliphatic heterocycles. The highest BCUT2D eigenvalue weighted by Crippen LogP contribution is 2.29. The van der Waals surface area contributed by atoms with Crippen molar-refractivity contribution in [2.75, 3.05) is 38.1 Å². The number of aromatic nitrogens is 2. The SMILES string of the molecule is CN1CCN(c2[nH]c(-c3ccnc(/C=C/c4ccccc4)c3)cc2C(=O)O)CC1.N. The molecule has 0 spiro atoms. The lowest BCUT2D eigenvalue weighted by Gasteiger charge is -2.33.